The standard InChI is InChI=1S/C29H32N6O/c30-28(31)32-24-17-15-22(16-18-24)19-34-26-14-8-7-13-25(26)27(23-11-5-2-6-12-23)33-35(29(34)36)20-21-9-3-1-4-10-21/h1,3-4,7-10,13-18,23H,2,5-6,11-12,19-20H2,(H4,30,31,32). The van der Waals surface area contributed by atoms with E-state index >= 15 is 0 Å². The van der Waals surface area contributed by atoms with Gasteiger partial charge in [-0.05, 0) is 42.2 Å². The number of nitrogens with zero attached hydrogens (tertiary/aromatic N) is 4. The summed E-state index contributed by atoms with van der Waals surface area (Å²) in [5.74, 6) is 0.369. The normalized spacial score (nSPS) is 16.2. The monoisotopic (exact) mass is 480 g/mol. The van der Waals surface area contributed by atoms with Crippen molar-refractivity contribution in [2.24, 2.45) is 27.5 Å². The topological polar surface area (TPSA) is 100 Å². The summed E-state index contributed by atoms with van der Waals surface area (Å²) in [5, 5.41) is 6.71. The molecule has 0 spiro atoms. The molecule has 0 bridgehead atoms. The molecule has 184 valence electrons. The second-order valence-corrected chi connectivity index (χ2v) is 9.45. The van der Waals surface area contributed by atoms with Crippen molar-refractivity contribution in [2.75, 3.05) is 4.90 Å². The molecule has 1 fully saturated rings. The fourth-order valence-corrected chi connectivity index (χ4v) is 5.09. The first-order valence-corrected chi connectivity index (χ1v) is 12.6. The number of hydrogen-bond donors (Lipinski definition) is 2. The van der Waals surface area contributed by atoms with Crippen molar-refractivity contribution in [3.8, 4) is 0 Å². The number of anilines is 1. The number of nitrogens with two attached hydrogens (primary N) is 2. The molecule has 7 heteroatoms. The Morgan fingerprint density at radius 2 is 1.50 bits per heavy atom. The maximum absolute atomic E-state index is 14.0. The van der Waals surface area contributed by atoms with Crippen LogP contribution < -0.4 is 16.4 Å². The molecule has 5 rings (SSSR count). The van der Waals surface area contributed by atoms with Crippen molar-refractivity contribution in [2.45, 2.75) is 45.2 Å². The number of hydrazone groups is 1. The van der Waals surface area contributed by atoms with Gasteiger partial charge in [0.1, 0.15) is 0 Å². The van der Waals surface area contributed by atoms with Crippen LogP contribution in [0.25, 0.3) is 0 Å². The summed E-state index contributed by atoms with van der Waals surface area (Å²) in [5.41, 5.74) is 16.7. The Kier molecular flexibility index (Phi) is 6.98. The molecule has 4 N–H and O–H groups in total. The molecular formula is C29H32N6O. The third-order valence-electron chi connectivity index (χ3n) is 6.85. The largest absolute Gasteiger partial charge is 0.370 e. The zero-order valence-electron chi connectivity index (χ0n) is 20.4. The molecule has 36 heavy (non-hydrogen) atoms. The van der Waals surface area contributed by atoms with Gasteiger partial charge in [-0.15, -0.1) is 0 Å². The summed E-state index contributed by atoms with van der Waals surface area (Å²) < 4.78 is 0. The minimum absolute atomic E-state index is 0.0170. The lowest BCUT2D eigenvalue weighted by Crippen LogP contribution is -2.39. The number of aliphatic imine (C=N–C) groups is 1. The van der Waals surface area contributed by atoms with Gasteiger partial charge in [0, 0.05) is 11.5 Å². The highest BCUT2D eigenvalue weighted by Crippen LogP contribution is 2.35. The van der Waals surface area contributed by atoms with Crippen LogP contribution in [0.3, 0.4) is 0 Å². The summed E-state index contributed by atoms with van der Waals surface area (Å²) >= 11 is 0. The molecule has 1 aliphatic heterocycles. The number of fused-ring (bicyclic) bond motifs is 1. The van der Waals surface area contributed by atoms with E-state index in [-0.39, 0.29) is 12.0 Å². The molecule has 1 aliphatic carbocycles. The summed E-state index contributed by atoms with van der Waals surface area (Å²) in [6.07, 6.45) is 5.87. The molecule has 3 aromatic carbocycles. The van der Waals surface area contributed by atoms with Gasteiger partial charge in [0.05, 0.1) is 30.2 Å². The van der Waals surface area contributed by atoms with Gasteiger partial charge in [0.15, 0.2) is 5.96 Å². The molecule has 0 radical (unpaired) electrons. The molecule has 0 atom stereocenters. The van der Waals surface area contributed by atoms with Crippen molar-refractivity contribution < 1.29 is 4.79 Å². The van der Waals surface area contributed by atoms with E-state index < -0.39 is 0 Å². The van der Waals surface area contributed by atoms with E-state index in [2.05, 4.69) is 11.1 Å². The van der Waals surface area contributed by atoms with Crippen molar-refractivity contribution >= 4 is 29.1 Å². The summed E-state index contributed by atoms with van der Waals surface area (Å²) in [7, 11) is 0. The highest BCUT2D eigenvalue weighted by Gasteiger charge is 2.33. The summed E-state index contributed by atoms with van der Waals surface area (Å²) in [6, 6.07) is 25.7. The van der Waals surface area contributed by atoms with E-state index in [9.17, 15) is 4.79 Å². The zero-order chi connectivity index (χ0) is 24.9. The Morgan fingerprint density at radius 1 is 0.833 bits per heavy atom. The molecular weight excluding hydrogens is 448 g/mol. The first kappa shape index (κ1) is 23.6. The van der Waals surface area contributed by atoms with E-state index in [1.165, 1.54) is 19.3 Å². The highest BCUT2D eigenvalue weighted by molar-refractivity contribution is 6.11. The summed E-state index contributed by atoms with van der Waals surface area (Å²) in [6.45, 7) is 0.834. The Bertz CT molecular complexity index is 1260. The predicted molar refractivity (Wildman–Crippen MR) is 145 cm³/mol. The van der Waals surface area contributed by atoms with Gasteiger partial charge < -0.3 is 11.5 Å². The van der Waals surface area contributed by atoms with E-state index in [4.69, 9.17) is 16.6 Å². The van der Waals surface area contributed by atoms with Gasteiger partial charge in [-0.25, -0.2) is 14.8 Å². The van der Waals surface area contributed by atoms with Crippen LogP contribution in [-0.2, 0) is 13.1 Å². The van der Waals surface area contributed by atoms with E-state index in [0.29, 0.717) is 24.7 Å². The fourth-order valence-electron chi connectivity index (χ4n) is 5.09. The van der Waals surface area contributed by atoms with Gasteiger partial charge in [-0.2, -0.15) is 5.10 Å². The third kappa shape index (κ3) is 5.25. The number of para-hydroxylation sites is 1. The van der Waals surface area contributed by atoms with Gasteiger partial charge in [-0.1, -0.05) is 79.9 Å². The molecule has 2 aliphatic rings. The van der Waals surface area contributed by atoms with Gasteiger partial charge in [-0.3, -0.25) is 4.90 Å². The maximum atomic E-state index is 14.0. The predicted octanol–water partition coefficient (Wildman–Crippen LogP) is 5.52. The van der Waals surface area contributed by atoms with Crippen molar-refractivity contribution in [1.82, 2.24) is 5.01 Å². The van der Waals surface area contributed by atoms with E-state index in [1.54, 1.807) is 5.01 Å². The quantitative estimate of drug-likeness (QED) is 0.359. The van der Waals surface area contributed by atoms with Crippen LogP contribution in [0.4, 0.5) is 16.2 Å². The number of rotatable bonds is 6. The van der Waals surface area contributed by atoms with Gasteiger partial charge in [0.2, 0.25) is 0 Å². The molecule has 0 saturated heterocycles. The Balaban J connectivity index is 1.54. The number of benzene rings is 3. The zero-order valence-corrected chi connectivity index (χ0v) is 20.4. The van der Waals surface area contributed by atoms with Crippen molar-refractivity contribution in [3.05, 3.63) is 95.6 Å². The van der Waals surface area contributed by atoms with Crippen LogP contribution in [0.2, 0.25) is 0 Å². The minimum atomic E-state index is -0.134. The van der Waals surface area contributed by atoms with Crippen LogP contribution >= 0.6 is 0 Å². The lowest BCUT2D eigenvalue weighted by Gasteiger charge is -2.27. The second-order valence-electron chi connectivity index (χ2n) is 9.45. The number of carbonyl (C=O) groups is 1. The van der Waals surface area contributed by atoms with Gasteiger partial charge >= 0.3 is 6.03 Å². The molecule has 2 amide bonds. The summed E-state index contributed by atoms with van der Waals surface area (Å²) in [4.78, 5) is 20.0. The van der Waals surface area contributed by atoms with Crippen LogP contribution in [0.1, 0.15) is 48.8 Å². The molecule has 3 aromatic rings. The Morgan fingerprint density at radius 3 is 2.22 bits per heavy atom. The first-order chi connectivity index (χ1) is 17.6. The smallest absolute Gasteiger partial charge is 0.345 e. The average molecular weight is 481 g/mol. The Labute approximate surface area is 212 Å². The minimum Gasteiger partial charge on any atom is -0.370 e. The first-order valence-electron chi connectivity index (χ1n) is 12.6. The van der Waals surface area contributed by atoms with Crippen LogP contribution in [0, 0.1) is 5.92 Å². The van der Waals surface area contributed by atoms with Crippen LogP contribution in [0.5, 0.6) is 0 Å². The molecule has 7 nitrogen and oxygen atoms in total. The van der Waals surface area contributed by atoms with Crippen LogP contribution in [-0.4, -0.2) is 22.7 Å². The number of guanidine groups is 1. The van der Waals surface area contributed by atoms with Crippen LogP contribution in [0.15, 0.2) is 89.0 Å². The second kappa shape index (κ2) is 10.6. The highest BCUT2D eigenvalue weighted by atomic mass is 16.2. The van der Waals surface area contributed by atoms with Gasteiger partial charge in [0.25, 0.3) is 0 Å². The number of carbonyl (C=O) groups excluding carboxylic acids is 1. The number of amides is 2. The number of hydrogen-bond acceptors (Lipinski definition) is 3. The maximum Gasteiger partial charge on any atom is 0.345 e. The van der Waals surface area contributed by atoms with E-state index in [1.807, 2.05) is 77.7 Å². The average Bonchev–Trinajstić information content (AvgIpc) is 3.01. The van der Waals surface area contributed by atoms with E-state index in [0.717, 1.165) is 40.9 Å². The number of urea groups is 1. The lowest BCUT2D eigenvalue weighted by atomic mass is 9.83. The molecule has 0 aromatic heterocycles. The lowest BCUT2D eigenvalue weighted by molar-refractivity contribution is 0.204. The van der Waals surface area contributed by atoms with Crippen molar-refractivity contribution in [1.29, 1.82) is 0 Å². The SMILES string of the molecule is NC(N)=Nc1ccc(CN2C(=O)N(Cc3ccccc3)N=C(C3CCCCC3)c3ccccc32)cc1. The molecule has 0 unspecified atom stereocenters. The fraction of sp³-hybridized carbons (Fsp3) is 0.276. The van der Waals surface area contributed by atoms with Crippen molar-refractivity contribution in [3.63, 3.8) is 0 Å². The Hall–Kier alpha value is -4.13. The third-order valence-corrected chi connectivity index (χ3v) is 6.85. The molecule has 1 saturated carbocycles. The molecule has 1 heterocycles.